The van der Waals surface area contributed by atoms with Crippen LogP contribution in [0.3, 0.4) is 0 Å². The topological polar surface area (TPSA) is 44.7 Å². The van der Waals surface area contributed by atoms with Crippen LogP contribution < -0.4 is 8.74 Å². The van der Waals surface area contributed by atoms with Gasteiger partial charge in [-0.15, -0.1) is 0 Å². The number of thiophene rings is 1. The van der Waals surface area contributed by atoms with E-state index in [-0.39, 0.29) is 0 Å². The molecule has 0 bridgehead atoms. The van der Waals surface area contributed by atoms with Crippen LogP contribution in [-0.4, -0.2) is 102 Å². The summed E-state index contributed by atoms with van der Waals surface area (Å²) in [4.78, 5) is 18.3. The number of aromatic nitrogens is 2. The van der Waals surface area contributed by atoms with Gasteiger partial charge >= 0.3 is 173 Å². The molecule has 0 saturated carbocycles. The molecule has 4 rings (SSSR count). The van der Waals surface area contributed by atoms with E-state index in [0.29, 0.717) is 0 Å². The molecule has 4 heterocycles. The summed E-state index contributed by atoms with van der Waals surface area (Å²) in [6.07, 6.45) is 2.53. The molecule has 26 heavy (non-hydrogen) atoms. The Kier molecular flexibility index (Phi) is 5.99. The van der Waals surface area contributed by atoms with Gasteiger partial charge in [-0.05, 0) is 0 Å². The van der Waals surface area contributed by atoms with Crippen LogP contribution in [0, 0.1) is 0 Å². The van der Waals surface area contributed by atoms with Gasteiger partial charge in [-0.2, -0.15) is 0 Å². The molecule has 2 aromatic rings. The molecule has 8 heteroatoms. The predicted molar refractivity (Wildman–Crippen MR) is 108 cm³/mol. The summed E-state index contributed by atoms with van der Waals surface area (Å²) in [6.45, 7) is 6.83. The van der Waals surface area contributed by atoms with E-state index in [1.54, 1.807) is 0 Å². The molecule has 2 saturated heterocycles. The van der Waals surface area contributed by atoms with Crippen LogP contribution in [0.4, 0.5) is 5.82 Å². The Morgan fingerprint density at radius 2 is 1.92 bits per heavy atom. The van der Waals surface area contributed by atoms with Crippen LogP contribution in [-0.2, 0) is 11.3 Å². The van der Waals surface area contributed by atoms with Crippen molar-refractivity contribution in [2.75, 3.05) is 58.4 Å². The second-order valence-electron chi connectivity index (χ2n) is 7.37. The minimum absolute atomic E-state index is 0.735. The number of hydrogen-bond donors (Lipinski definition) is 0. The number of hydrogen-bond acceptors (Lipinski definition) is 7. The Balaban J connectivity index is 1.52. The van der Waals surface area contributed by atoms with Crippen LogP contribution in [0.15, 0.2) is 6.07 Å². The van der Waals surface area contributed by atoms with Crippen LogP contribution in [0.25, 0.3) is 10.2 Å². The fraction of sp³-hybridized carbons (Fsp3) is 0.667. The van der Waals surface area contributed by atoms with E-state index in [2.05, 4.69) is 34.9 Å². The van der Waals surface area contributed by atoms with E-state index in [1.807, 2.05) is 11.3 Å². The second kappa shape index (κ2) is 8.26. The van der Waals surface area contributed by atoms with E-state index >= 15 is 0 Å². The number of likely N-dealkylation sites (tertiary alicyclic amines) is 1. The van der Waals surface area contributed by atoms with Crippen molar-refractivity contribution < 1.29 is 4.74 Å². The fourth-order valence-corrected chi connectivity index (χ4v) is 5.65. The maximum atomic E-state index is 5.51. The van der Waals surface area contributed by atoms with Crippen molar-refractivity contribution >= 4 is 53.7 Å². The summed E-state index contributed by atoms with van der Waals surface area (Å²) < 4.78 is 7.70. The number of fused-ring (bicyclic) bond motifs is 1. The van der Waals surface area contributed by atoms with Gasteiger partial charge < -0.3 is 0 Å². The van der Waals surface area contributed by atoms with E-state index in [0.717, 1.165) is 54.1 Å². The summed E-state index contributed by atoms with van der Waals surface area (Å²) in [6, 6.07) is 3.02. The van der Waals surface area contributed by atoms with Crippen LogP contribution >= 0.6 is 11.3 Å². The summed E-state index contributed by atoms with van der Waals surface area (Å²) in [5.74, 6) is 1.12. The normalized spacial score (nSPS) is 20.4. The summed E-state index contributed by atoms with van der Waals surface area (Å²) >= 11 is 3.15. The predicted octanol–water partition coefficient (Wildman–Crippen LogP) is 0.848. The van der Waals surface area contributed by atoms with Gasteiger partial charge in [0, 0.05) is 0 Å². The molecule has 0 amide bonds. The van der Waals surface area contributed by atoms with E-state index in [4.69, 9.17) is 14.7 Å². The third-order valence-corrected chi connectivity index (χ3v) is 7.13. The zero-order chi connectivity index (χ0) is 18.1. The number of nitrogens with zero attached hydrogens (tertiary/aromatic N) is 5. The van der Waals surface area contributed by atoms with E-state index in [9.17, 15) is 0 Å². The molecule has 0 aliphatic carbocycles. The molecular formula is C18H26N5OSSn. The molecule has 0 N–H and O–H groups in total. The Labute approximate surface area is 172 Å². The van der Waals surface area contributed by atoms with Crippen molar-refractivity contribution in [3.05, 3.63) is 10.9 Å². The zero-order valence-corrected chi connectivity index (χ0v) is 19.2. The van der Waals surface area contributed by atoms with Gasteiger partial charge in [0.05, 0.1) is 0 Å². The number of piperidine rings is 1. The molecule has 2 fully saturated rings. The molecular weight excluding hydrogens is 453 g/mol. The number of rotatable bonds is 4. The standard InChI is InChI=1S/C18H26N5OS.Sn/c1-21(2)14-3-5-22(6-4-14)12-15-11-16-17(25-15)18(20-13-19-16)23-7-9-24-10-8-23;/h11,14H,3-10,12H2,1-2H3;. The van der Waals surface area contributed by atoms with Crippen LogP contribution in [0.2, 0.25) is 0 Å². The van der Waals surface area contributed by atoms with Gasteiger partial charge in [0.2, 0.25) is 0 Å². The van der Waals surface area contributed by atoms with E-state index in [1.165, 1.54) is 58.0 Å². The molecule has 0 unspecified atom stereocenters. The first-order valence-electron chi connectivity index (χ1n) is 9.33. The molecule has 3 radical (unpaired) electrons. The van der Waals surface area contributed by atoms with Crippen molar-refractivity contribution in [3.63, 3.8) is 0 Å². The molecule has 2 aliphatic heterocycles. The first kappa shape index (κ1) is 18.9. The van der Waals surface area contributed by atoms with Gasteiger partial charge in [-0.3, -0.25) is 0 Å². The summed E-state index contributed by atoms with van der Waals surface area (Å²) in [7, 11) is 4.39. The van der Waals surface area contributed by atoms with Crippen LogP contribution in [0.1, 0.15) is 17.7 Å². The van der Waals surface area contributed by atoms with Crippen molar-refractivity contribution in [2.45, 2.75) is 25.4 Å². The Bertz CT molecular complexity index is 753. The minimum atomic E-state index is 0.735. The third-order valence-electron chi connectivity index (χ3n) is 5.38. The van der Waals surface area contributed by atoms with Crippen molar-refractivity contribution in [2.24, 2.45) is 0 Å². The second-order valence-corrected chi connectivity index (χ2v) is 9.78. The molecule has 0 aromatic carbocycles. The maximum absolute atomic E-state index is 5.51. The molecule has 0 spiro atoms. The fourth-order valence-electron chi connectivity index (χ4n) is 3.85. The Hall–Kier alpha value is -0.481. The SMILES string of the molecule is CN(C)C1CCN(Cc2cc3n[c]([Sn])nc(N4CCOCC4)c3s2)CC1. The molecule has 6 nitrogen and oxygen atoms in total. The number of morpholine rings is 1. The first-order valence-corrected chi connectivity index (χ1v) is 11.6. The molecule has 0 atom stereocenters. The van der Waals surface area contributed by atoms with Crippen molar-refractivity contribution in [3.8, 4) is 0 Å². The molecule has 2 aromatic heterocycles. The van der Waals surface area contributed by atoms with Gasteiger partial charge in [0.1, 0.15) is 0 Å². The van der Waals surface area contributed by atoms with Gasteiger partial charge in [-0.25, -0.2) is 0 Å². The Morgan fingerprint density at radius 3 is 2.62 bits per heavy atom. The van der Waals surface area contributed by atoms with Crippen molar-refractivity contribution in [1.82, 2.24) is 19.8 Å². The zero-order valence-electron chi connectivity index (χ0n) is 15.6. The summed E-state index contributed by atoms with van der Waals surface area (Å²) in [5.41, 5.74) is 1.12. The monoisotopic (exact) mass is 480 g/mol. The number of ether oxygens (including phenoxy) is 1. The average molecular weight is 479 g/mol. The van der Waals surface area contributed by atoms with Gasteiger partial charge in [0.15, 0.2) is 0 Å². The number of anilines is 1. The molecule has 2 aliphatic rings. The van der Waals surface area contributed by atoms with Crippen molar-refractivity contribution in [1.29, 1.82) is 0 Å². The molecule has 139 valence electrons. The van der Waals surface area contributed by atoms with Gasteiger partial charge in [0.25, 0.3) is 0 Å². The van der Waals surface area contributed by atoms with Crippen LogP contribution in [0.5, 0.6) is 0 Å². The summed E-state index contributed by atoms with van der Waals surface area (Å²) in [5, 5.41) is 0. The van der Waals surface area contributed by atoms with E-state index < -0.39 is 0 Å². The average Bonchev–Trinajstić information content (AvgIpc) is 3.04. The third kappa shape index (κ3) is 4.16. The Morgan fingerprint density at radius 1 is 1.19 bits per heavy atom. The first-order chi connectivity index (χ1) is 12.6. The van der Waals surface area contributed by atoms with Gasteiger partial charge in [-0.1, -0.05) is 0 Å². The quantitative estimate of drug-likeness (QED) is 0.607.